The van der Waals surface area contributed by atoms with Gasteiger partial charge in [0.05, 0.1) is 10.6 Å². The molecule has 0 aliphatic carbocycles. The van der Waals surface area contributed by atoms with Gasteiger partial charge in [0.25, 0.3) is 5.91 Å². The molecule has 1 saturated heterocycles. The van der Waals surface area contributed by atoms with Crippen LogP contribution in [0.2, 0.25) is 0 Å². The van der Waals surface area contributed by atoms with Crippen molar-refractivity contribution < 1.29 is 9.21 Å². The van der Waals surface area contributed by atoms with Gasteiger partial charge in [-0.15, -0.1) is 0 Å². The number of anilines is 1. The summed E-state index contributed by atoms with van der Waals surface area (Å²) in [4.78, 5) is 15.0. The molecule has 0 unspecified atom stereocenters. The van der Waals surface area contributed by atoms with Gasteiger partial charge in [0, 0.05) is 11.5 Å². The van der Waals surface area contributed by atoms with Crippen LogP contribution in [-0.4, -0.2) is 10.2 Å². The van der Waals surface area contributed by atoms with Gasteiger partial charge in [-0.05, 0) is 39.5 Å². The van der Waals surface area contributed by atoms with Gasteiger partial charge >= 0.3 is 0 Å². The summed E-state index contributed by atoms with van der Waals surface area (Å²) < 4.78 is 6.60. The van der Waals surface area contributed by atoms with Crippen molar-refractivity contribution in [1.82, 2.24) is 0 Å². The van der Waals surface area contributed by atoms with E-state index in [-0.39, 0.29) is 5.91 Å². The zero-order valence-electron chi connectivity index (χ0n) is 12.2. The highest BCUT2D eigenvalue weighted by Gasteiger charge is 2.34. The number of benzene rings is 2. The minimum absolute atomic E-state index is 0.131. The zero-order chi connectivity index (χ0) is 16.7. The lowest BCUT2D eigenvalue weighted by Crippen LogP contribution is -2.27. The number of carbonyl (C=O) groups excluding carboxylic acids is 1. The molecule has 1 aromatic heterocycles. The second-order valence-corrected chi connectivity index (χ2v) is 7.61. The number of hydrogen-bond acceptors (Lipinski definition) is 4. The summed E-state index contributed by atoms with van der Waals surface area (Å²) in [5.74, 6) is 0.481. The van der Waals surface area contributed by atoms with Crippen molar-refractivity contribution in [3.8, 4) is 0 Å². The normalized spacial score (nSPS) is 16.5. The van der Waals surface area contributed by atoms with E-state index in [1.807, 2.05) is 42.5 Å². The Labute approximate surface area is 156 Å². The Morgan fingerprint density at radius 3 is 2.67 bits per heavy atom. The summed E-state index contributed by atoms with van der Waals surface area (Å²) in [5, 5.41) is 2.07. The first-order valence-electron chi connectivity index (χ1n) is 7.14. The molecule has 0 bridgehead atoms. The van der Waals surface area contributed by atoms with Crippen LogP contribution < -0.4 is 4.90 Å². The number of amides is 1. The largest absolute Gasteiger partial charge is 0.450 e. The summed E-state index contributed by atoms with van der Waals surface area (Å²) in [6.07, 6.45) is 1.72. The molecule has 0 radical (unpaired) electrons. The number of nitrogens with zero attached hydrogens (tertiary/aromatic N) is 1. The van der Waals surface area contributed by atoms with Crippen LogP contribution in [0.1, 0.15) is 5.76 Å². The lowest BCUT2D eigenvalue weighted by atomic mass is 10.1. The molecule has 24 heavy (non-hydrogen) atoms. The van der Waals surface area contributed by atoms with Crippen molar-refractivity contribution in [3.05, 3.63) is 69.9 Å². The predicted molar refractivity (Wildman–Crippen MR) is 106 cm³/mol. The molecule has 0 saturated carbocycles. The summed E-state index contributed by atoms with van der Waals surface area (Å²) in [6, 6.07) is 17.4. The van der Waals surface area contributed by atoms with E-state index in [0.29, 0.717) is 19.7 Å². The van der Waals surface area contributed by atoms with Gasteiger partial charge in [0.15, 0.2) is 8.99 Å². The number of thioether (sulfide) groups is 1. The third-order valence-electron chi connectivity index (χ3n) is 3.67. The van der Waals surface area contributed by atoms with E-state index in [9.17, 15) is 4.79 Å². The van der Waals surface area contributed by atoms with Crippen LogP contribution in [0, 0.1) is 0 Å². The van der Waals surface area contributed by atoms with Gasteiger partial charge in [0.2, 0.25) is 0 Å². The minimum Gasteiger partial charge on any atom is -0.450 e. The number of carbonyl (C=O) groups is 1. The Bertz CT molecular complexity index is 1000. The summed E-state index contributed by atoms with van der Waals surface area (Å²) in [6.45, 7) is 0. The number of halogens is 1. The zero-order valence-corrected chi connectivity index (χ0v) is 15.5. The molecule has 0 spiro atoms. The van der Waals surface area contributed by atoms with Crippen molar-refractivity contribution in [2.75, 3.05) is 4.90 Å². The topological polar surface area (TPSA) is 33.5 Å². The van der Waals surface area contributed by atoms with E-state index in [1.54, 1.807) is 23.1 Å². The van der Waals surface area contributed by atoms with Gasteiger partial charge in [-0.2, -0.15) is 0 Å². The number of hydrogen-bond donors (Lipinski definition) is 0. The van der Waals surface area contributed by atoms with Crippen LogP contribution in [-0.2, 0) is 4.79 Å². The molecule has 4 rings (SSSR count). The van der Waals surface area contributed by atoms with Crippen LogP contribution in [0.15, 0.2) is 68.6 Å². The number of rotatable bonds is 2. The lowest BCUT2D eigenvalue weighted by Gasteiger charge is -2.17. The molecular formula is C18H10BrNO2S2. The average molecular weight is 416 g/mol. The maximum absolute atomic E-state index is 12.9. The van der Waals surface area contributed by atoms with E-state index < -0.39 is 0 Å². The quantitative estimate of drug-likeness (QED) is 0.402. The highest BCUT2D eigenvalue weighted by atomic mass is 79.9. The van der Waals surface area contributed by atoms with Crippen molar-refractivity contribution in [3.63, 3.8) is 0 Å². The molecule has 1 aliphatic rings. The Hall–Kier alpha value is -1.89. The average Bonchev–Trinajstić information content (AvgIpc) is 3.11. The standard InChI is InChI=1S/C18H10BrNO2S2/c19-16-9-8-12(22-16)10-15-17(21)20(18(23)24-15)14-7-3-5-11-4-1-2-6-13(11)14/h1-10H/b15-10+. The minimum atomic E-state index is -0.131. The third kappa shape index (κ3) is 2.70. The van der Waals surface area contributed by atoms with Crippen molar-refractivity contribution in [2.45, 2.75) is 0 Å². The number of thiocarbonyl (C=S) groups is 1. The predicted octanol–water partition coefficient (Wildman–Crippen LogP) is 5.60. The summed E-state index contributed by atoms with van der Waals surface area (Å²) in [5.41, 5.74) is 0.805. The molecule has 2 heterocycles. The van der Waals surface area contributed by atoms with Crippen LogP contribution in [0.25, 0.3) is 16.8 Å². The van der Waals surface area contributed by atoms with Crippen molar-refractivity contribution >= 4 is 72.7 Å². The first-order valence-corrected chi connectivity index (χ1v) is 9.16. The Balaban J connectivity index is 1.77. The molecule has 1 fully saturated rings. The number of fused-ring (bicyclic) bond motifs is 1. The maximum Gasteiger partial charge on any atom is 0.270 e. The first kappa shape index (κ1) is 15.6. The Kier molecular flexibility index (Phi) is 4.04. The van der Waals surface area contributed by atoms with Gasteiger partial charge in [-0.25, -0.2) is 0 Å². The molecular weight excluding hydrogens is 406 g/mol. The monoisotopic (exact) mass is 415 g/mol. The fourth-order valence-corrected chi connectivity index (χ4v) is 4.20. The second kappa shape index (κ2) is 6.20. The molecule has 118 valence electrons. The van der Waals surface area contributed by atoms with E-state index in [4.69, 9.17) is 16.6 Å². The molecule has 0 atom stereocenters. The van der Waals surface area contributed by atoms with Crippen LogP contribution in [0.3, 0.4) is 0 Å². The molecule has 3 aromatic rings. The molecule has 3 nitrogen and oxygen atoms in total. The van der Waals surface area contributed by atoms with Crippen molar-refractivity contribution in [2.24, 2.45) is 0 Å². The smallest absolute Gasteiger partial charge is 0.270 e. The van der Waals surface area contributed by atoms with Crippen LogP contribution in [0.4, 0.5) is 5.69 Å². The highest BCUT2D eigenvalue weighted by Crippen LogP contribution is 2.39. The van der Waals surface area contributed by atoms with Crippen molar-refractivity contribution in [1.29, 1.82) is 0 Å². The Morgan fingerprint density at radius 2 is 1.88 bits per heavy atom. The maximum atomic E-state index is 12.9. The first-order chi connectivity index (χ1) is 11.6. The Morgan fingerprint density at radius 1 is 1.08 bits per heavy atom. The molecule has 1 amide bonds. The molecule has 0 N–H and O–H groups in total. The lowest BCUT2D eigenvalue weighted by molar-refractivity contribution is -0.113. The number of furan rings is 1. The molecule has 2 aromatic carbocycles. The van der Waals surface area contributed by atoms with E-state index in [1.165, 1.54) is 11.8 Å². The fraction of sp³-hybridized carbons (Fsp3) is 0. The second-order valence-electron chi connectivity index (χ2n) is 5.16. The molecule has 1 aliphatic heterocycles. The van der Waals surface area contributed by atoms with E-state index in [0.717, 1.165) is 16.5 Å². The van der Waals surface area contributed by atoms with E-state index in [2.05, 4.69) is 15.9 Å². The third-order valence-corrected chi connectivity index (χ3v) is 5.40. The van der Waals surface area contributed by atoms with Crippen LogP contribution in [0.5, 0.6) is 0 Å². The van der Waals surface area contributed by atoms with Gasteiger partial charge in [0.1, 0.15) is 5.76 Å². The summed E-state index contributed by atoms with van der Waals surface area (Å²) >= 11 is 9.99. The highest BCUT2D eigenvalue weighted by molar-refractivity contribution is 9.10. The summed E-state index contributed by atoms with van der Waals surface area (Å²) in [7, 11) is 0. The van der Waals surface area contributed by atoms with Gasteiger partial charge < -0.3 is 4.42 Å². The van der Waals surface area contributed by atoms with Gasteiger partial charge in [-0.3, -0.25) is 9.69 Å². The fourth-order valence-electron chi connectivity index (χ4n) is 2.61. The SMILES string of the molecule is O=C1/C(=C\c2ccc(Br)o2)SC(=S)N1c1cccc2ccccc12. The van der Waals surface area contributed by atoms with E-state index >= 15 is 0 Å². The molecule has 6 heteroatoms. The van der Waals surface area contributed by atoms with Gasteiger partial charge in [-0.1, -0.05) is 60.4 Å². The van der Waals surface area contributed by atoms with Crippen LogP contribution >= 0.6 is 39.9 Å².